The fraction of sp³-hybridized carbons (Fsp3) is 0.400. The van der Waals surface area contributed by atoms with Gasteiger partial charge in [-0.05, 0) is 107 Å². The van der Waals surface area contributed by atoms with E-state index < -0.39 is 17.2 Å². The highest BCUT2D eigenvalue weighted by Gasteiger charge is 2.44. The molecule has 0 radical (unpaired) electrons. The highest BCUT2D eigenvalue weighted by atomic mass is 16.6. The average molecular weight is 674 g/mol. The summed E-state index contributed by atoms with van der Waals surface area (Å²) in [6, 6.07) is 24.8. The highest BCUT2D eigenvalue weighted by molar-refractivity contribution is 5.89. The zero-order valence-electron chi connectivity index (χ0n) is 29.5. The second-order valence-electron chi connectivity index (χ2n) is 15.0. The molecule has 1 amide bonds. The molecule has 260 valence electrons. The molecule has 1 aliphatic carbocycles. The predicted molar refractivity (Wildman–Crippen MR) is 200 cm³/mol. The van der Waals surface area contributed by atoms with Gasteiger partial charge in [0.15, 0.2) is 5.82 Å². The number of alkyl carbamates (subject to hydrolysis) is 1. The Morgan fingerprint density at radius 2 is 1.72 bits per heavy atom. The van der Waals surface area contributed by atoms with Crippen molar-refractivity contribution >= 4 is 41.0 Å². The minimum Gasteiger partial charge on any atom is -0.444 e. The van der Waals surface area contributed by atoms with E-state index in [-0.39, 0.29) is 0 Å². The fourth-order valence-electron chi connectivity index (χ4n) is 7.18. The van der Waals surface area contributed by atoms with E-state index in [9.17, 15) is 4.79 Å². The summed E-state index contributed by atoms with van der Waals surface area (Å²) in [6.45, 7) is 9.57. The molecular formula is C40H47N7O3. The SMILES string of the molecule is CN(c1ccc(C2(NC(=O)OC(C)(C)C)CCC2)cc1)c1nc(-c2ccc(N3CC4(CCOCC4)C3)cc2)ccc1N=Cc1cccnc1N. The molecule has 3 N–H and O–H groups in total. The first-order valence-electron chi connectivity index (χ1n) is 17.6. The Hall–Kier alpha value is -4.96. The van der Waals surface area contributed by atoms with Crippen molar-refractivity contribution in [3.63, 3.8) is 0 Å². The second-order valence-corrected chi connectivity index (χ2v) is 15.0. The lowest BCUT2D eigenvalue weighted by Crippen LogP contribution is -2.58. The number of nitrogens with zero attached hydrogens (tertiary/aromatic N) is 5. The van der Waals surface area contributed by atoms with Crippen LogP contribution in [-0.4, -0.2) is 61.2 Å². The molecule has 2 saturated heterocycles. The maximum absolute atomic E-state index is 12.7. The summed E-state index contributed by atoms with van der Waals surface area (Å²) in [6.07, 6.45) is 8.09. The molecule has 0 unspecified atom stereocenters. The third-order valence-corrected chi connectivity index (χ3v) is 10.3. The normalized spacial score (nSPS) is 18.0. The molecule has 2 aromatic carbocycles. The van der Waals surface area contributed by atoms with Crippen LogP contribution in [-0.2, 0) is 15.0 Å². The van der Waals surface area contributed by atoms with Gasteiger partial charge in [0, 0.05) is 73.7 Å². The Bertz CT molecular complexity index is 1850. The molecule has 3 aliphatic rings. The maximum Gasteiger partial charge on any atom is 0.408 e. The number of pyridine rings is 2. The van der Waals surface area contributed by atoms with Gasteiger partial charge < -0.3 is 30.3 Å². The van der Waals surface area contributed by atoms with Crippen LogP contribution >= 0.6 is 0 Å². The van der Waals surface area contributed by atoms with Gasteiger partial charge in [0.2, 0.25) is 0 Å². The monoisotopic (exact) mass is 673 g/mol. The van der Waals surface area contributed by atoms with Gasteiger partial charge in [-0.25, -0.2) is 14.8 Å². The van der Waals surface area contributed by atoms with Gasteiger partial charge in [-0.2, -0.15) is 0 Å². The van der Waals surface area contributed by atoms with Gasteiger partial charge >= 0.3 is 6.09 Å². The van der Waals surface area contributed by atoms with Crippen molar-refractivity contribution in [2.75, 3.05) is 48.9 Å². The van der Waals surface area contributed by atoms with Gasteiger partial charge in [-0.1, -0.05) is 24.3 Å². The minimum atomic E-state index is -0.559. The van der Waals surface area contributed by atoms with Crippen molar-refractivity contribution in [3.8, 4) is 11.3 Å². The molecule has 1 saturated carbocycles. The lowest BCUT2D eigenvalue weighted by molar-refractivity contribution is -0.000195. The maximum atomic E-state index is 12.7. The van der Waals surface area contributed by atoms with E-state index in [1.807, 2.05) is 57.0 Å². The number of amides is 1. The number of nitrogens with two attached hydrogens (primary N) is 1. The lowest BCUT2D eigenvalue weighted by atomic mass is 9.72. The fourth-order valence-corrected chi connectivity index (χ4v) is 7.18. The zero-order valence-corrected chi connectivity index (χ0v) is 29.5. The number of hydrogen-bond acceptors (Lipinski definition) is 9. The van der Waals surface area contributed by atoms with Crippen molar-refractivity contribution in [2.24, 2.45) is 10.4 Å². The molecule has 2 aromatic heterocycles. The van der Waals surface area contributed by atoms with Gasteiger partial charge in [0.05, 0.1) is 11.2 Å². The molecule has 4 aromatic rings. The molecule has 50 heavy (non-hydrogen) atoms. The smallest absolute Gasteiger partial charge is 0.408 e. The van der Waals surface area contributed by atoms with Crippen LogP contribution in [0.4, 0.5) is 33.5 Å². The molecule has 7 rings (SSSR count). The van der Waals surface area contributed by atoms with E-state index in [0.29, 0.717) is 22.7 Å². The van der Waals surface area contributed by atoms with E-state index in [4.69, 9.17) is 25.2 Å². The highest BCUT2D eigenvalue weighted by Crippen LogP contribution is 2.44. The number of carbonyl (C=O) groups is 1. The van der Waals surface area contributed by atoms with Crippen LogP contribution < -0.4 is 20.9 Å². The summed E-state index contributed by atoms with van der Waals surface area (Å²) in [4.78, 5) is 31.4. The van der Waals surface area contributed by atoms with Gasteiger partial charge in [-0.15, -0.1) is 0 Å². The first-order valence-corrected chi connectivity index (χ1v) is 17.6. The Kier molecular flexibility index (Phi) is 8.98. The van der Waals surface area contributed by atoms with Crippen molar-refractivity contribution in [3.05, 3.63) is 90.1 Å². The predicted octanol–water partition coefficient (Wildman–Crippen LogP) is 7.77. The molecule has 10 heteroatoms. The van der Waals surface area contributed by atoms with Gasteiger partial charge in [-0.3, -0.25) is 4.99 Å². The molecule has 1 spiro atoms. The van der Waals surface area contributed by atoms with Crippen LogP contribution in [0.3, 0.4) is 0 Å². The first-order chi connectivity index (χ1) is 24.0. The number of benzene rings is 2. The number of carbonyl (C=O) groups excluding carboxylic acids is 1. The van der Waals surface area contributed by atoms with Gasteiger partial charge in [0.1, 0.15) is 17.1 Å². The first kappa shape index (κ1) is 33.5. The van der Waals surface area contributed by atoms with E-state index >= 15 is 0 Å². The summed E-state index contributed by atoms with van der Waals surface area (Å²) >= 11 is 0. The Morgan fingerprint density at radius 3 is 2.36 bits per heavy atom. The number of aliphatic imine (C=N–C) groups is 1. The van der Waals surface area contributed by atoms with Crippen LogP contribution in [0.1, 0.15) is 64.0 Å². The van der Waals surface area contributed by atoms with Crippen molar-refractivity contribution < 1.29 is 14.3 Å². The van der Waals surface area contributed by atoms with Gasteiger partial charge in [0.25, 0.3) is 0 Å². The van der Waals surface area contributed by atoms with Crippen molar-refractivity contribution in [1.82, 2.24) is 15.3 Å². The molecule has 0 atom stereocenters. The summed E-state index contributed by atoms with van der Waals surface area (Å²) in [7, 11) is 2.00. The summed E-state index contributed by atoms with van der Waals surface area (Å²) in [5.74, 6) is 1.12. The Labute approximate surface area is 294 Å². The summed E-state index contributed by atoms with van der Waals surface area (Å²) < 4.78 is 11.2. The Morgan fingerprint density at radius 1 is 1.00 bits per heavy atom. The van der Waals surface area contributed by atoms with E-state index in [1.165, 1.54) is 5.69 Å². The average Bonchev–Trinajstić information content (AvgIpc) is 3.08. The molecule has 0 bridgehead atoms. The number of ether oxygens (including phenoxy) is 2. The van der Waals surface area contributed by atoms with Crippen LogP contribution in [0.25, 0.3) is 11.3 Å². The second kappa shape index (κ2) is 13.4. The lowest BCUT2D eigenvalue weighted by Gasteiger charge is -2.53. The number of anilines is 4. The molecule has 2 aliphatic heterocycles. The third-order valence-electron chi connectivity index (χ3n) is 10.3. The number of aromatic nitrogens is 2. The number of nitrogen functional groups attached to an aromatic ring is 1. The zero-order chi connectivity index (χ0) is 34.9. The van der Waals surface area contributed by atoms with E-state index in [2.05, 4.69) is 63.7 Å². The van der Waals surface area contributed by atoms with Crippen LogP contribution in [0, 0.1) is 5.41 Å². The third kappa shape index (κ3) is 7.03. The molecule has 10 nitrogen and oxygen atoms in total. The topological polar surface area (TPSA) is 118 Å². The minimum absolute atomic E-state index is 0.391. The summed E-state index contributed by atoms with van der Waals surface area (Å²) in [5, 5.41) is 3.16. The number of hydrogen-bond donors (Lipinski definition) is 2. The van der Waals surface area contributed by atoms with E-state index in [0.717, 1.165) is 86.5 Å². The largest absolute Gasteiger partial charge is 0.444 e. The number of rotatable bonds is 8. The quantitative estimate of drug-likeness (QED) is 0.182. The molecule has 4 heterocycles. The van der Waals surface area contributed by atoms with E-state index in [1.54, 1.807) is 12.4 Å². The Balaban J connectivity index is 1.14. The molecule has 3 fully saturated rings. The van der Waals surface area contributed by atoms with Crippen LogP contribution in [0.15, 0.2) is 84.0 Å². The molecular weight excluding hydrogens is 626 g/mol. The standard InChI is InChI=1S/C40H47N7O3/c1-38(2,3)50-37(48)45-40(18-6-19-40)30-10-14-31(15-11-30)46(4)36-34(43-25-29-7-5-22-42-35(29)41)17-16-33(44-36)28-8-12-32(13-9-28)47-26-39(27-47)20-23-49-24-21-39/h5,7-17,22,25H,6,18-21,23-24,26-27H2,1-4H3,(H2,41,42)(H,45,48). The number of nitrogens with one attached hydrogen (secondary N) is 1. The van der Waals surface area contributed by atoms with Crippen LogP contribution in [0.2, 0.25) is 0 Å². The van der Waals surface area contributed by atoms with Crippen molar-refractivity contribution in [2.45, 2.75) is 64.0 Å². The summed E-state index contributed by atoms with van der Waals surface area (Å²) in [5.41, 5.74) is 12.1. The van der Waals surface area contributed by atoms with Crippen LogP contribution in [0.5, 0.6) is 0 Å². The van der Waals surface area contributed by atoms with Crippen molar-refractivity contribution in [1.29, 1.82) is 0 Å².